The molecule has 1 heterocycles. The minimum absolute atomic E-state index is 0.153. The van der Waals surface area contributed by atoms with Crippen LogP contribution >= 0.6 is 15.9 Å². The van der Waals surface area contributed by atoms with Gasteiger partial charge in [-0.2, -0.15) is 0 Å². The van der Waals surface area contributed by atoms with E-state index in [2.05, 4.69) is 15.9 Å². The van der Waals surface area contributed by atoms with Gasteiger partial charge in [-0.25, -0.2) is 13.2 Å². The minimum atomic E-state index is -1.55. The second-order valence-electron chi connectivity index (χ2n) is 4.22. The predicted molar refractivity (Wildman–Crippen MR) is 64.2 cm³/mol. The van der Waals surface area contributed by atoms with Gasteiger partial charge in [0.25, 0.3) is 5.91 Å². The van der Waals surface area contributed by atoms with Crippen molar-refractivity contribution in [1.82, 2.24) is 4.90 Å². The van der Waals surface area contributed by atoms with Crippen molar-refractivity contribution in [3.63, 3.8) is 0 Å². The quantitative estimate of drug-likeness (QED) is 0.575. The van der Waals surface area contributed by atoms with E-state index in [0.717, 1.165) is 25.0 Å². The molecule has 0 aromatic heterocycles. The Kier molecular flexibility index (Phi) is 3.94. The summed E-state index contributed by atoms with van der Waals surface area (Å²) in [6.45, 7) is 1.05. The third kappa shape index (κ3) is 2.68. The SMILES string of the molecule is O=C(c1cc(F)c(F)c(F)c1)N1CCC(Br)CC1. The van der Waals surface area contributed by atoms with Crippen LogP contribution in [0.15, 0.2) is 12.1 Å². The second-order valence-corrected chi connectivity index (χ2v) is 5.52. The Hall–Kier alpha value is -1.04. The highest BCUT2D eigenvalue weighted by atomic mass is 79.9. The molecular weight excluding hydrogens is 311 g/mol. The molecule has 1 aliphatic rings. The van der Waals surface area contributed by atoms with Crippen LogP contribution in [0, 0.1) is 17.5 Å². The fourth-order valence-corrected chi connectivity index (χ4v) is 2.32. The summed E-state index contributed by atoms with van der Waals surface area (Å²) in [4.78, 5) is 13.9. The lowest BCUT2D eigenvalue weighted by molar-refractivity contribution is 0.0727. The van der Waals surface area contributed by atoms with Crippen LogP contribution < -0.4 is 0 Å². The number of nitrogens with zero attached hydrogens (tertiary/aromatic N) is 1. The van der Waals surface area contributed by atoms with E-state index in [-0.39, 0.29) is 5.56 Å². The lowest BCUT2D eigenvalue weighted by Crippen LogP contribution is -2.38. The van der Waals surface area contributed by atoms with Gasteiger partial charge in [0, 0.05) is 23.5 Å². The maximum Gasteiger partial charge on any atom is 0.254 e. The first-order chi connectivity index (χ1) is 8.49. The van der Waals surface area contributed by atoms with Crippen molar-refractivity contribution in [2.24, 2.45) is 0 Å². The highest BCUT2D eigenvalue weighted by Gasteiger charge is 2.24. The Morgan fingerprint density at radius 3 is 2.17 bits per heavy atom. The van der Waals surface area contributed by atoms with Gasteiger partial charge < -0.3 is 4.90 Å². The molecule has 0 bridgehead atoms. The molecule has 0 spiro atoms. The monoisotopic (exact) mass is 321 g/mol. The van der Waals surface area contributed by atoms with Gasteiger partial charge >= 0.3 is 0 Å². The summed E-state index contributed by atoms with van der Waals surface area (Å²) in [6.07, 6.45) is 1.58. The zero-order chi connectivity index (χ0) is 13.3. The molecule has 0 N–H and O–H groups in total. The number of hydrogen-bond donors (Lipinski definition) is 0. The van der Waals surface area contributed by atoms with Crippen molar-refractivity contribution < 1.29 is 18.0 Å². The Balaban J connectivity index is 2.19. The Bertz CT molecular complexity index is 449. The molecule has 1 fully saturated rings. The summed E-state index contributed by atoms with van der Waals surface area (Å²) in [5, 5.41) is 0. The van der Waals surface area contributed by atoms with Crippen molar-refractivity contribution in [1.29, 1.82) is 0 Å². The van der Waals surface area contributed by atoms with Crippen LogP contribution in [0.25, 0.3) is 0 Å². The van der Waals surface area contributed by atoms with Gasteiger partial charge in [0.05, 0.1) is 0 Å². The normalized spacial score (nSPS) is 17.0. The second kappa shape index (κ2) is 5.30. The Labute approximate surface area is 111 Å². The fourth-order valence-electron chi connectivity index (χ4n) is 1.91. The lowest BCUT2D eigenvalue weighted by Gasteiger charge is -2.29. The van der Waals surface area contributed by atoms with Crippen LogP contribution in [-0.2, 0) is 0 Å². The van der Waals surface area contributed by atoms with Crippen LogP contribution in [0.1, 0.15) is 23.2 Å². The zero-order valence-electron chi connectivity index (χ0n) is 9.43. The summed E-state index contributed by atoms with van der Waals surface area (Å²) in [5.74, 6) is -4.69. The summed E-state index contributed by atoms with van der Waals surface area (Å²) >= 11 is 3.45. The molecule has 0 unspecified atom stereocenters. The number of likely N-dealkylation sites (tertiary alicyclic amines) is 1. The molecule has 1 amide bonds. The smallest absolute Gasteiger partial charge is 0.254 e. The lowest BCUT2D eigenvalue weighted by atomic mass is 10.1. The first kappa shape index (κ1) is 13.4. The van der Waals surface area contributed by atoms with Gasteiger partial charge in [0.1, 0.15) is 0 Å². The third-order valence-corrected chi connectivity index (χ3v) is 3.86. The number of benzene rings is 1. The summed E-state index contributed by atoms with van der Waals surface area (Å²) in [7, 11) is 0. The number of hydrogen-bond acceptors (Lipinski definition) is 1. The topological polar surface area (TPSA) is 20.3 Å². The molecule has 1 aromatic rings. The Morgan fingerprint density at radius 2 is 1.67 bits per heavy atom. The molecule has 0 atom stereocenters. The maximum atomic E-state index is 13.0. The van der Waals surface area contributed by atoms with Crippen molar-refractivity contribution in [3.05, 3.63) is 35.1 Å². The van der Waals surface area contributed by atoms with Gasteiger partial charge in [-0.15, -0.1) is 0 Å². The van der Waals surface area contributed by atoms with E-state index in [1.165, 1.54) is 4.90 Å². The van der Waals surface area contributed by atoms with Gasteiger partial charge in [0.2, 0.25) is 0 Å². The number of halogens is 4. The molecule has 1 aromatic carbocycles. The number of piperidine rings is 1. The number of amides is 1. The highest BCUT2D eigenvalue weighted by molar-refractivity contribution is 9.09. The van der Waals surface area contributed by atoms with Crippen LogP contribution in [0.3, 0.4) is 0 Å². The summed E-state index contributed by atoms with van der Waals surface area (Å²) in [5.41, 5.74) is -0.153. The van der Waals surface area contributed by atoms with Gasteiger partial charge in [0.15, 0.2) is 17.5 Å². The average Bonchev–Trinajstić information content (AvgIpc) is 2.35. The van der Waals surface area contributed by atoms with Gasteiger partial charge in [-0.1, -0.05) is 15.9 Å². The Morgan fingerprint density at radius 1 is 1.17 bits per heavy atom. The third-order valence-electron chi connectivity index (χ3n) is 2.94. The minimum Gasteiger partial charge on any atom is -0.339 e. The number of alkyl halides is 1. The van der Waals surface area contributed by atoms with E-state index >= 15 is 0 Å². The molecule has 6 heteroatoms. The fraction of sp³-hybridized carbons (Fsp3) is 0.417. The van der Waals surface area contributed by atoms with E-state index in [0.29, 0.717) is 17.9 Å². The van der Waals surface area contributed by atoms with Crippen LogP contribution in [-0.4, -0.2) is 28.7 Å². The highest BCUT2D eigenvalue weighted by Crippen LogP contribution is 2.20. The van der Waals surface area contributed by atoms with Crippen molar-refractivity contribution in [2.75, 3.05) is 13.1 Å². The molecule has 1 aliphatic heterocycles. The summed E-state index contributed by atoms with van der Waals surface area (Å²) < 4.78 is 38.9. The standard InChI is InChI=1S/C12H11BrF3NO/c13-8-1-3-17(4-2-8)12(18)7-5-9(14)11(16)10(15)6-7/h5-6,8H,1-4H2. The van der Waals surface area contributed by atoms with Crippen LogP contribution in [0.2, 0.25) is 0 Å². The van der Waals surface area contributed by atoms with Crippen LogP contribution in [0.5, 0.6) is 0 Å². The molecule has 1 saturated heterocycles. The molecule has 0 radical (unpaired) electrons. The predicted octanol–water partition coefficient (Wildman–Crippen LogP) is 3.10. The van der Waals surface area contributed by atoms with E-state index in [9.17, 15) is 18.0 Å². The van der Waals surface area contributed by atoms with E-state index in [1.54, 1.807) is 0 Å². The van der Waals surface area contributed by atoms with E-state index in [1.807, 2.05) is 0 Å². The molecule has 0 aliphatic carbocycles. The van der Waals surface area contributed by atoms with Gasteiger partial charge in [-0.3, -0.25) is 4.79 Å². The molecule has 98 valence electrons. The molecule has 0 saturated carbocycles. The molecule has 2 nitrogen and oxygen atoms in total. The molecule has 2 rings (SSSR count). The number of carbonyl (C=O) groups excluding carboxylic acids is 1. The molecule has 18 heavy (non-hydrogen) atoms. The van der Waals surface area contributed by atoms with Gasteiger partial charge in [-0.05, 0) is 25.0 Å². The van der Waals surface area contributed by atoms with Crippen molar-refractivity contribution in [3.8, 4) is 0 Å². The molecular formula is C12H11BrF3NO. The number of rotatable bonds is 1. The zero-order valence-corrected chi connectivity index (χ0v) is 11.0. The average molecular weight is 322 g/mol. The van der Waals surface area contributed by atoms with Crippen molar-refractivity contribution >= 4 is 21.8 Å². The van der Waals surface area contributed by atoms with Crippen molar-refractivity contribution in [2.45, 2.75) is 17.7 Å². The number of carbonyl (C=O) groups is 1. The van der Waals surface area contributed by atoms with E-state index < -0.39 is 23.4 Å². The summed E-state index contributed by atoms with van der Waals surface area (Å²) in [6, 6.07) is 1.47. The van der Waals surface area contributed by atoms with Crippen LogP contribution in [0.4, 0.5) is 13.2 Å². The first-order valence-electron chi connectivity index (χ1n) is 5.57. The van der Waals surface area contributed by atoms with E-state index in [4.69, 9.17) is 0 Å². The first-order valence-corrected chi connectivity index (χ1v) is 6.48. The maximum absolute atomic E-state index is 13.0. The largest absolute Gasteiger partial charge is 0.339 e.